The lowest BCUT2D eigenvalue weighted by Gasteiger charge is -2.04. The maximum Gasteiger partial charge on any atom is 0.184 e. The van der Waals surface area contributed by atoms with Crippen molar-refractivity contribution in [2.24, 2.45) is 4.99 Å². The van der Waals surface area contributed by atoms with Crippen LogP contribution in [0.3, 0.4) is 0 Å². The summed E-state index contributed by atoms with van der Waals surface area (Å²) in [5.74, 6) is -0.931. The van der Waals surface area contributed by atoms with Gasteiger partial charge in [0.2, 0.25) is 0 Å². The molecule has 0 saturated heterocycles. The molecule has 2 aliphatic rings. The van der Waals surface area contributed by atoms with E-state index in [1.165, 1.54) is 11.1 Å². The topological polar surface area (TPSA) is 46.5 Å². The summed E-state index contributed by atoms with van der Waals surface area (Å²) in [5, 5.41) is 0. The lowest BCUT2D eigenvalue weighted by atomic mass is 10.00. The van der Waals surface area contributed by atoms with Crippen molar-refractivity contribution < 1.29 is 14.0 Å². The zero-order chi connectivity index (χ0) is 15.7. The van der Waals surface area contributed by atoms with Crippen molar-refractivity contribution >= 4 is 17.3 Å². The van der Waals surface area contributed by atoms with Crippen molar-refractivity contribution in [3.05, 3.63) is 46.4 Å². The van der Waals surface area contributed by atoms with Crippen molar-refractivity contribution in [2.75, 3.05) is 0 Å². The van der Waals surface area contributed by atoms with Crippen LogP contribution in [-0.2, 0) is 17.6 Å². The predicted octanol–water partition coefficient (Wildman–Crippen LogP) is 3.75. The highest BCUT2D eigenvalue weighted by Gasteiger charge is 2.22. The normalized spacial score (nSPS) is 16.7. The fourth-order valence-corrected chi connectivity index (χ4v) is 3.05. The number of halogens is 1. The number of aliphatic imine (C=N–C) groups is 1. The van der Waals surface area contributed by atoms with Gasteiger partial charge in [0, 0.05) is 30.5 Å². The fraction of sp³-hybridized carbons (Fsp3) is 0.389. The Labute approximate surface area is 128 Å². The molecule has 4 heteroatoms. The van der Waals surface area contributed by atoms with Gasteiger partial charge < -0.3 is 0 Å². The molecule has 114 valence electrons. The van der Waals surface area contributed by atoms with Gasteiger partial charge in [-0.15, -0.1) is 0 Å². The van der Waals surface area contributed by atoms with Crippen LogP contribution in [0.15, 0.2) is 34.7 Å². The number of Topliss-reactive ketones (excluding diaryl/α,β-unsaturated/α-hetero) is 2. The lowest BCUT2D eigenvalue weighted by molar-refractivity contribution is -0.115. The maximum atomic E-state index is 13.5. The van der Waals surface area contributed by atoms with E-state index in [0.717, 1.165) is 19.3 Å². The first kappa shape index (κ1) is 14.8. The van der Waals surface area contributed by atoms with Crippen molar-refractivity contribution in [1.29, 1.82) is 0 Å². The van der Waals surface area contributed by atoms with Gasteiger partial charge in [0.1, 0.15) is 11.5 Å². The SMILES string of the molecule is CC1=NC(C(=O)CCC(=O)c2ccc3c(c2)CCC3)=C(F)C1. The first-order valence-electron chi connectivity index (χ1n) is 7.65. The van der Waals surface area contributed by atoms with Gasteiger partial charge >= 0.3 is 0 Å². The molecular weight excluding hydrogens is 281 g/mol. The Morgan fingerprint density at radius 1 is 1.14 bits per heavy atom. The molecule has 3 nitrogen and oxygen atoms in total. The predicted molar refractivity (Wildman–Crippen MR) is 82.9 cm³/mol. The van der Waals surface area contributed by atoms with Crippen LogP contribution in [0, 0.1) is 0 Å². The molecule has 0 amide bonds. The summed E-state index contributed by atoms with van der Waals surface area (Å²) in [6.45, 7) is 1.69. The Balaban J connectivity index is 1.63. The van der Waals surface area contributed by atoms with Crippen LogP contribution in [0.1, 0.15) is 54.1 Å². The van der Waals surface area contributed by atoms with Crippen molar-refractivity contribution in [3.63, 3.8) is 0 Å². The van der Waals surface area contributed by atoms with E-state index in [2.05, 4.69) is 4.99 Å². The number of rotatable bonds is 5. The molecule has 22 heavy (non-hydrogen) atoms. The maximum absolute atomic E-state index is 13.5. The minimum atomic E-state index is -0.479. The molecule has 1 aliphatic carbocycles. The zero-order valence-electron chi connectivity index (χ0n) is 12.6. The van der Waals surface area contributed by atoms with Gasteiger partial charge in [0.05, 0.1) is 0 Å². The van der Waals surface area contributed by atoms with Crippen LogP contribution in [0.25, 0.3) is 0 Å². The van der Waals surface area contributed by atoms with E-state index in [1.807, 2.05) is 18.2 Å². The Morgan fingerprint density at radius 3 is 2.59 bits per heavy atom. The number of hydrogen-bond donors (Lipinski definition) is 0. The number of carbonyl (C=O) groups excluding carboxylic acids is 2. The number of fused-ring (bicyclic) bond motifs is 1. The van der Waals surface area contributed by atoms with Crippen molar-refractivity contribution in [2.45, 2.75) is 45.4 Å². The molecule has 1 heterocycles. The number of carbonyl (C=O) groups is 2. The Kier molecular flexibility index (Phi) is 4.01. The number of ketones is 2. The van der Waals surface area contributed by atoms with E-state index in [4.69, 9.17) is 0 Å². The summed E-state index contributed by atoms with van der Waals surface area (Å²) in [7, 11) is 0. The number of benzene rings is 1. The third-order valence-corrected chi connectivity index (χ3v) is 4.23. The average molecular weight is 299 g/mol. The molecule has 0 atom stereocenters. The number of nitrogens with zero attached hydrogens (tertiary/aromatic N) is 1. The molecule has 0 aromatic heterocycles. The summed E-state index contributed by atoms with van der Waals surface area (Å²) in [6.07, 6.45) is 3.45. The van der Waals surface area contributed by atoms with E-state index < -0.39 is 5.83 Å². The quantitative estimate of drug-likeness (QED) is 0.777. The molecule has 0 N–H and O–H groups in total. The van der Waals surface area contributed by atoms with Gasteiger partial charge in [-0.3, -0.25) is 14.6 Å². The first-order chi connectivity index (χ1) is 10.5. The third kappa shape index (κ3) is 2.91. The molecule has 0 radical (unpaired) electrons. The van der Waals surface area contributed by atoms with Gasteiger partial charge in [-0.2, -0.15) is 0 Å². The van der Waals surface area contributed by atoms with Gasteiger partial charge in [-0.05, 0) is 43.4 Å². The van der Waals surface area contributed by atoms with Gasteiger partial charge in [0.25, 0.3) is 0 Å². The standard InChI is InChI=1S/C18H18FNO2/c1-11-9-15(19)18(20-11)17(22)8-7-16(21)14-6-5-12-3-2-4-13(12)10-14/h5-6,10H,2-4,7-9H2,1H3. The summed E-state index contributed by atoms with van der Waals surface area (Å²) in [4.78, 5) is 28.1. The van der Waals surface area contributed by atoms with Gasteiger partial charge in [0.15, 0.2) is 11.6 Å². The molecule has 0 fully saturated rings. The molecule has 0 bridgehead atoms. The minimum Gasteiger partial charge on any atom is -0.294 e. The summed E-state index contributed by atoms with van der Waals surface area (Å²) in [6, 6.07) is 5.77. The van der Waals surface area contributed by atoms with Crippen LogP contribution in [0.4, 0.5) is 4.39 Å². The second kappa shape index (κ2) is 5.95. The smallest absolute Gasteiger partial charge is 0.184 e. The largest absolute Gasteiger partial charge is 0.294 e. The van der Waals surface area contributed by atoms with Crippen LogP contribution >= 0.6 is 0 Å². The van der Waals surface area contributed by atoms with Crippen molar-refractivity contribution in [3.8, 4) is 0 Å². The Morgan fingerprint density at radius 2 is 1.86 bits per heavy atom. The van der Waals surface area contributed by atoms with E-state index >= 15 is 0 Å². The fourth-order valence-electron chi connectivity index (χ4n) is 3.05. The molecule has 1 aromatic rings. The highest BCUT2D eigenvalue weighted by Crippen LogP contribution is 2.25. The van der Waals surface area contributed by atoms with Crippen LogP contribution in [-0.4, -0.2) is 17.3 Å². The summed E-state index contributed by atoms with van der Waals surface area (Å²) >= 11 is 0. The van der Waals surface area contributed by atoms with Crippen LogP contribution < -0.4 is 0 Å². The Hall–Kier alpha value is -2.10. The molecule has 3 rings (SSSR count). The Bertz CT molecular complexity index is 716. The minimum absolute atomic E-state index is 0.00938. The number of hydrogen-bond acceptors (Lipinski definition) is 3. The molecule has 1 aromatic carbocycles. The van der Waals surface area contributed by atoms with Crippen LogP contribution in [0.5, 0.6) is 0 Å². The van der Waals surface area contributed by atoms with E-state index in [0.29, 0.717) is 11.3 Å². The van der Waals surface area contributed by atoms with E-state index in [1.54, 1.807) is 6.92 Å². The average Bonchev–Trinajstić information content (AvgIpc) is 3.09. The second-order valence-electron chi connectivity index (χ2n) is 5.96. The number of aryl methyl sites for hydroxylation is 2. The zero-order valence-corrected chi connectivity index (χ0v) is 12.6. The molecular formula is C18H18FNO2. The summed E-state index contributed by atoms with van der Waals surface area (Å²) in [5.41, 5.74) is 3.71. The highest BCUT2D eigenvalue weighted by molar-refractivity contribution is 6.05. The van der Waals surface area contributed by atoms with Gasteiger partial charge in [-0.25, -0.2) is 4.39 Å². The number of allylic oxidation sites excluding steroid dienone is 2. The first-order valence-corrected chi connectivity index (χ1v) is 7.65. The lowest BCUT2D eigenvalue weighted by Crippen LogP contribution is -2.07. The van der Waals surface area contributed by atoms with E-state index in [9.17, 15) is 14.0 Å². The molecule has 0 saturated carbocycles. The molecule has 0 spiro atoms. The monoisotopic (exact) mass is 299 g/mol. The second-order valence-corrected chi connectivity index (χ2v) is 5.96. The summed E-state index contributed by atoms with van der Waals surface area (Å²) < 4.78 is 13.5. The van der Waals surface area contributed by atoms with E-state index in [-0.39, 0.29) is 36.5 Å². The molecule has 1 aliphatic heterocycles. The third-order valence-electron chi connectivity index (χ3n) is 4.23. The van der Waals surface area contributed by atoms with Crippen molar-refractivity contribution in [1.82, 2.24) is 0 Å². The highest BCUT2D eigenvalue weighted by atomic mass is 19.1. The molecule has 0 unspecified atom stereocenters. The van der Waals surface area contributed by atoms with Crippen LogP contribution in [0.2, 0.25) is 0 Å². The van der Waals surface area contributed by atoms with Gasteiger partial charge in [-0.1, -0.05) is 12.1 Å².